The molecule has 0 saturated carbocycles. The standard InChI is InChI=1S/C9H13N3O.Rb/c1-2-7-5-3-4-6-8(7)11-9(13)12-10;/h3-6H,2,10H2,1H3,(H2,11,12,13);/q;+1/p-1. The zero-order chi connectivity index (χ0) is 9.68. The van der Waals surface area contributed by atoms with Gasteiger partial charge >= 0.3 is 58.2 Å². The van der Waals surface area contributed by atoms with Crippen molar-refractivity contribution in [2.75, 3.05) is 5.32 Å². The van der Waals surface area contributed by atoms with Gasteiger partial charge in [0.25, 0.3) is 0 Å². The Labute approximate surface area is 132 Å². The molecule has 0 fully saturated rings. The van der Waals surface area contributed by atoms with Crippen molar-refractivity contribution in [3.05, 3.63) is 35.3 Å². The number of carbonyl (C=O) groups is 1. The van der Waals surface area contributed by atoms with E-state index in [4.69, 9.17) is 5.84 Å². The number of hydrogen-bond acceptors (Lipinski definition) is 2. The molecule has 1 aromatic rings. The number of amides is 2. The Morgan fingerprint density at radius 1 is 1.50 bits per heavy atom. The third-order valence-electron chi connectivity index (χ3n) is 1.76. The molecule has 4 nitrogen and oxygen atoms in total. The summed E-state index contributed by atoms with van der Waals surface area (Å²) >= 11 is 0. The van der Waals surface area contributed by atoms with E-state index < -0.39 is 6.03 Å². The Morgan fingerprint density at radius 3 is 2.71 bits per heavy atom. The van der Waals surface area contributed by atoms with Gasteiger partial charge in [-0.3, -0.25) is 4.79 Å². The molecule has 0 radical (unpaired) electrons. The average molecular weight is 264 g/mol. The van der Waals surface area contributed by atoms with E-state index in [1.54, 1.807) is 0 Å². The van der Waals surface area contributed by atoms with E-state index in [9.17, 15) is 4.79 Å². The van der Waals surface area contributed by atoms with Crippen LogP contribution in [0.2, 0.25) is 0 Å². The van der Waals surface area contributed by atoms with Crippen LogP contribution in [0.15, 0.2) is 24.3 Å². The molecule has 0 bridgehead atoms. The van der Waals surface area contributed by atoms with Gasteiger partial charge in [0.05, 0.1) is 0 Å². The van der Waals surface area contributed by atoms with Gasteiger partial charge in [-0.1, -0.05) is 31.2 Å². The van der Waals surface area contributed by atoms with Crippen LogP contribution in [0, 0.1) is 0 Å². The average Bonchev–Trinajstić information content (AvgIpc) is 2.18. The number of urea groups is 1. The second-order valence-corrected chi connectivity index (χ2v) is 2.57. The predicted molar refractivity (Wildman–Crippen MR) is 52.4 cm³/mol. The fourth-order valence-corrected chi connectivity index (χ4v) is 1.10. The number of nitrogens with two attached hydrogens (primary N) is 1. The van der Waals surface area contributed by atoms with Gasteiger partial charge in [-0.05, 0) is 17.7 Å². The van der Waals surface area contributed by atoms with Gasteiger partial charge in [0, 0.05) is 0 Å². The topological polar surface area (TPSA) is 69.2 Å². The Kier molecular flexibility index (Phi) is 7.67. The van der Waals surface area contributed by atoms with Gasteiger partial charge in [-0.15, -0.1) is 0 Å². The van der Waals surface area contributed by atoms with Gasteiger partial charge in [-0.25, -0.2) is 0 Å². The molecule has 14 heavy (non-hydrogen) atoms. The first kappa shape index (κ1) is 14.3. The van der Waals surface area contributed by atoms with E-state index in [2.05, 4.69) is 10.7 Å². The van der Waals surface area contributed by atoms with Crippen molar-refractivity contribution in [1.82, 2.24) is 0 Å². The zero-order valence-corrected chi connectivity index (χ0v) is 13.4. The minimum atomic E-state index is -0.527. The maximum absolute atomic E-state index is 10.8. The van der Waals surface area contributed by atoms with Crippen LogP contribution < -0.4 is 69.3 Å². The number of anilines is 1. The number of nitrogens with one attached hydrogen (secondary N) is 1. The van der Waals surface area contributed by atoms with E-state index in [-0.39, 0.29) is 58.2 Å². The molecule has 70 valence electrons. The summed E-state index contributed by atoms with van der Waals surface area (Å²) in [6, 6.07) is 7.02. The Bertz CT molecular complexity index is 304. The molecule has 3 N–H and O–H groups in total. The molecule has 0 aromatic heterocycles. The summed E-state index contributed by atoms with van der Waals surface area (Å²) in [7, 11) is 0. The summed E-state index contributed by atoms with van der Waals surface area (Å²) in [5.74, 6) is 4.82. The summed E-state index contributed by atoms with van der Waals surface area (Å²) in [6.45, 7) is 2.02. The molecule has 0 spiro atoms. The second-order valence-electron chi connectivity index (χ2n) is 2.57. The quantitative estimate of drug-likeness (QED) is 0.410. The number of rotatable bonds is 2. The van der Waals surface area contributed by atoms with Crippen molar-refractivity contribution in [1.29, 1.82) is 0 Å². The van der Waals surface area contributed by atoms with Crippen molar-refractivity contribution in [2.24, 2.45) is 5.84 Å². The van der Waals surface area contributed by atoms with Crippen LogP contribution in [0.3, 0.4) is 0 Å². The van der Waals surface area contributed by atoms with E-state index in [1.165, 1.54) is 0 Å². The van der Waals surface area contributed by atoms with Crippen molar-refractivity contribution in [3.8, 4) is 0 Å². The monoisotopic (exact) mass is 263 g/mol. The van der Waals surface area contributed by atoms with Crippen molar-refractivity contribution >= 4 is 11.7 Å². The number of nitrogens with zero attached hydrogens (tertiary/aromatic N) is 1. The number of aryl methyl sites for hydroxylation is 1. The van der Waals surface area contributed by atoms with Crippen molar-refractivity contribution in [2.45, 2.75) is 13.3 Å². The van der Waals surface area contributed by atoms with Crippen LogP contribution in [0.5, 0.6) is 0 Å². The first-order valence-corrected chi connectivity index (χ1v) is 4.07. The molecule has 0 unspecified atom stereocenters. The van der Waals surface area contributed by atoms with Crippen LogP contribution >= 0.6 is 0 Å². The number of hydrogen-bond donors (Lipinski definition) is 2. The zero-order valence-electron chi connectivity index (χ0n) is 8.45. The van der Waals surface area contributed by atoms with Gasteiger partial charge in [0.2, 0.25) is 0 Å². The van der Waals surface area contributed by atoms with Crippen LogP contribution in [-0.4, -0.2) is 6.03 Å². The summed E-state index contributed by atoms with van der Waals surface area (Å²) in [6.07, 6.45) is 0.862. The van der Waals surface area contributed by atoms with Crippen molar-refractivity contribution < 1.29 is 63.0 Å². The molecule has 0 aliphatic carbocycles. The fraction of sp³-hybridized carbons (Fsp3) is 0.222. The van der Waals surface area contributed by atoms with Crippen LogP contribution in [0.4, 0.5) is 10.5 Å². The Hall–Kier alpha value is 0.255. The first-order chi connectivity index (χ1) is 6.27. The number of carbonyl (C=O) groups excluding carboxylic acids is 1. The van der Waals surface area contributed by atoms with E-state index in [0.717, 1.165) is 17.7 Å². The first-order valence-electron chi connectivity index (χ1n) is 4.07. The summed E-state index contributed by atoms with van der Waals surface area (Å²) in [5.41, 5.74) is 4.85. The summed E-state index contributed by atoms with van der Waals surface area (Å²) in [5, 5.41) is 2.58. The van der Waals surface area contributed by atoms with Crippen LogP contribution in [0.1, 0.15) is 12.5 Å². The van der Waals surface area contributed by atoms with Crippen LogP contribution in [-0.2, 0) is 6.42 Å². The molecular formula is C9H12N3ORb. The third kappa shape index (κ3) is 4.19. The minimum Gasteiger partial charge on any atom is -0.423 e. The maximum atomic E-state index is 10.8. The molecule has 0 heterocycles. The van der Waals surface area contributed by atoms with Crippen molar-refractivity contribution in [3.63, 3.8) is 0 Å². The maximum Gasteiger partial charge on any atom is 1.00 e. The molecular weight excluding hydrogens is 252 g/mol. The Morgan fingerprint density at radius 2 is 2.14 bits per heavy atom. The predicted octanol–water partition coefficient (Wildman–Crippen LogP) is -0.968. The van der Waals surface area contributed by atoms with Gasteiger partial charge in [-0.2, -0.15) is 0 Å². The molecule has 0 aliphatic heterocycles. The molecule has 1 rings (SSSR count). The third-order valence-corrected chi connectivity index (χ3v) is 1.76. The Balaban J connectivity index is 0.00000169. The van der Waals surface area contributed by atoms with Gasteiger partial charge in [0.1, 0.15) is 0 Å². The summed E-state index contributed by atoms with van der Waals surface area (Å²) in [4.78, 5) is 10.8. The SMILES string of the molecule is CCc1ccccc1NC(=O)[N-]N.[Rb+]. The molecule has 0 aliphatic rings. The largest absolute Gasteiger partial charge is 1.00 e. The molecule has 0 saturated heterocycles. The summed E-state index contributed by atoms with van der Waals surface area (Å²) < 4.78 is 0. The fourth-order valence-electron chi connectivity index (χ4n) is 1.10. The van der Waals surface area contributed by atoms with Gasteiger partial charge in [0.15, 0.2) is 6.03 Å². The molecule has 2 amide bonds. The number of para-hydroxylation sites is 1. The van der Waals surface area contributed by atoms with E-state index >= 15 is 0 Å². The van der Waals surface area contributed by atoms with E-state index in [0.29, 0.717) is 0 Å². The van der Waals surface area contributed by atoms with Gasteiger partial charge < -0.3 is 16.6 Å². The molecule has 5 heteroatoms. The van der Waals surface area contributed by atoms with E-state index in [1.807, 2.05) is 31.2 Å². The smallest absolute Gasteiger partial charge is 0.423 e. The second kappa shape index (κ2) is 7.53. The minimum absolute atomic E-state index is 0. The number of benzene rings is 1. The van der Waals surface area contributed by atoms with Crippen LogP contribution in [0.25, 0.3) is 5.43 Å². The normalized spacial score (nSPS) is 8.71. The molecule has 1 aromatic carbocycles. The molecule has 0 atom stereocenters.